The van der Waals surface area contributed by atoms with E-state index in [4.69, 9.17) is 15.3 Å². The Balaban J connectivity index is 1.80. The van der Waals surface area contributed by atoms with Gasteiger partial charge in [-0.2, -0.15) is 14.9 Å². The van der Waals surface area contributed by atoms with Crippen molar-refractivity contribution < 1.29 is 0 Å². The second-order valence-corrected chi connectivity index (χ2v) is 8.83. The number of piperazine rings is 1. The number of anilines is 1. The molecule has 0 amide bonds. The number of aromatic nitrogens is 3. The van der Waals surface area contributed by atoms with Crippen molar-refractivity contribution in [3.63, 3.8) is 0 Å². The van der Waals surface area contributed by atoms with Crippen LogP contribution in [0.4, 0.5) is 5.82 Å². The van der Waals surface area contributed by atoms with E-state index < -0.39 is 0 Å². The molecule has 0 N–H and O–H groups in total. The van der Waals surface area contributed by atoms with Crippen LogP contribution in [0.2, 0.25) is 0 Å². The Morgan fingerprint density at radius 1 is 1.07 bits per heavy atom. The van der Waals surface area contributed by atoms with E-state index in [0.717, 1.165) is 54.5 Å². The van der Waals surface area contributed by atoms with Gasteiger partial charge in [0.15, 0.2) is 5.65 Å². The Morgan fingerprint density at radius 3 is 2.38 bits per heavy atom. The van der Waals surface area contributed by atoms with Gasteiger partial charge in [-0.15, -0.1) is 0 Å². The Kier molecular flexibility index (Phi) is 5.01. The van der Waals surface area contributed by atoms with Crippen molar-refractivity contribution in [2.24, 2.45) is 0 Å². The van der Waals surface area contributed by atoms with Crippen LogP contribution in [0, 0.1) is 18.3 Å². The van der Waals surface area contributed by atoms with E-state index in [-0.39, 0.29) is 5.41 Å². The van der Waals surface area contributed by atoms with Gasteiger partial charge in [0.1, 0.15) is 5.82 Å². The Hall–Kier alpha value is -2.91. The standard InChI is InChI=1S/C23H28N6/c1-17-5-7-18(8-6-17)19-16-25-29-21(15-20(23(2,3)4)26-22(19)29)28-13-11-27(10-9-24)12-14-28/h5-8,15-16H,10-14H2,1-4H3. The van der Waals surface area contributed by atoms with Crippen LogP contribution >= 0.6 is 0 Å². The molecule has 0 unspecified atom stereocenters. The van der Waals surface area contributed by atoms with Gasteiger partial charge >= 0.3 is 0 Å². The highest BCUT2D eigenvalue weighted by Crippen LogP contribution is 2.31. The second kappa shape index (κ2) is 7.49. The molecule has 1 fully saturated rings. The molecule has 6 heteroatoms. The van der Waals surface area contributed by atoms with Gasteiger partial charge in [0.25, 0.3) is 0 Å². The summed E-state index contributed by atoms with van der Waals surface area (Å²) in [5.41, 5.74) is 5.33. The lowest BCUT2D eigenvalue weighted by atomic mass is 9.91. The molecule has 29 heavy (non-hydrogen) atoms. The van der Waals surface area contributed by atoms with Crippen LogP contribution in [0.1, 0.15) is 32.0 Å². The molecule has 1 aliphatic heterocycles. The summed E-state index contributed by atoms with van der Waals surface area (Å²) in [6, 6.07) is 13.0. The maximum Gasteiger partial charge on any atom is 0.165 e. The van der Waals surface area contributed by atoms with Crippen LogP contribution in [0.15, 0.2) is 36.5 Å². The minimum absolute atomic E-state index is 0.0616. The molecule has 1 aliphatic rings. The molecule has 3 aromatic rings. The molecule has 0 bridgehead atoms. The highest BCUT2D eigenvalue weighted by atomic mass is 15.4. The lowest BCUT2D eigenvalue weighted by Gasteiger charge is -2.35. The van der Waals surface area contributed by atoms with Gasteiger partial charge in [-0.25, -0.2) is 4.98 Å². The summed E-state index contributed by atoms with van der Waals surface area (Å²) in [5.74, 6) is 1.08. The third kappa shape index (κ3) is 3.83. The van der Waals surface area contributed by atoms with Crippen molar-refractivity contribution in [3.8, 4) is 17.2 Å². The molecule has 1 aromatic carbocycles. The summed E-state index contributed by atoms with van der Waals surface area (Å²) in [6.07, 6.45) is 1.93. The summed E-state index contributed by atoms with van der Waals surface area (Å²) in [5, 5.41) is 13.7. The maximum atomic E-state index is 8.97. The molecule has 0 spiro atoms. The highest BCUT2D eigenvalue weighted by Gasteiger charge is 2.25. The number of fused-ring (bicyclic) bond motifs is 1. The molecule has 150 valence electrons. The third-order valence-electron chi connectivity index (χ3n) is 5.57. The summed E-state index contributed by atoms with van der Waals surface area (Å²) in [4.78, 5) is 9.59. The Labute approximate surface area is 172 Å². The first kappa shape index (κ1) is 19.4. The predicted octanol–water partition coefficient (Wildman–Crippen LogP) is 3.65. The number of benzene rings is 1. The maximum absolute atomic E-state index is 8.97. The van der Waals surface area contributed by atoms with Crippen LogP contribution in [0.5, 0.6) is 0 Å². The lowest BCUT2D eigenvalue weighted by molar-refractivity contribution is 0.286. The van der Waals surface area contributed by atoms with Crippen LogP contribution in [-0.4, -0.2) is 52.2 Å². The normalized spacial score (nSPS) is 15.6. The number of aryl methyl sites for hydroxylation is 1. The fourth-order valence-electron chi connectivity index (χ4n) is 3.73. The largest absolute Gasteiger partial charge is 0.354 e. The summed E-state index contributed by atoms with van der Waals surface area (Å²) in [7, 11) is 0. The van der Waals surface area contributed by atoms with E-state index in [1.165, 1.54) is 5.56 Å². The minimum Gasteiger partial charge on any atom is -0.354 e. The van der Waals surface area contributed by atoms with E-state index in [1.807, 2.05) is 10.7 Å². The third-order valence-corrected chi connectivity index (χ3v) is 5.57. The van der Waals surface area contributed by atoms with Gasteiger partial charge in [-0.05, 0) is 12.5 Å². The highest BCUT2D eigenvalue weighted by molar-refractivity contribution is 5.78. The number of hydrogen-bond acceptors (Lipinski definition) is 5. The number of rotatable bonds is 3. The van der Waals surface area contributed by atoms with Gasteiger partial charge in [0.2, 0.25) is 0 Å². The fourth-order valence-corrected chi connectivity index (χ4v) is 3.73. The zero-order valence-corrected chi connectivity index (χ0v) is 17.7. The molecule has 4 rings (SSSR count). The quantitative estimate of drug-likeness (QED) is 0.641. The molecule has 2 aromatic heterocycles. The van der Waals surface area contributed by atoms with E-state index in [9.17, 15) is 0 Å². The van der Waals surface area contributed by atoms with E-state index >= 15 is 0 Å². The molecule has 0 radical (unpaired) electrons. The van der Waals surface area contributed by atoms with Crippen LogP contribution in [0.3, 0.4) is 0 Å². The zero-order chi connectivity index (χ0) is 20.6. The molecule has 0 atom stereocenters. The van der Waals surface area contributed by atoms with Crippen molar-refractivity contribution in [3.05, 3.63) is 47.8 Å². The van der Waals surface area contributed by atoms with Crippen molar-refractivity contribution in [1.82, 2.24) is 19.5 Å². The Morgan fingerprint density at radius 2 is 1.76 bits per heavy atom. The number of nitriles is 1. The zero-order valence-electron chi connectivity index (χ0n) is 17.7. The molecule has 0 aliphatic carbocycles. The van der Waals surface area contributed by atoms with E-state index in [2.05, 4.69) is 73.9 Å². The molecule has 1 saturated heterocycles. The molecular weight excluding hydrogens is 360 g/mol. The van der Waals surface area contributed by atoms with Gasteiger partial charge < -0.3 is 4.90 Å². The first-order valence-electron chi connectivity index (χ1n) is 10.2. The lowest BCUT2D eigenvalue weighted by Crippen LogP contribution is -2.47. The fraction of sp³-hybridized carbons (Fsp3) is 0.435. The van der Waals surface area contributed by atoms with Gasteiger partial charge in [-0.1, -0.05) is 50.6 Å². The van der Waals surface area contributed by atoms with Crippen molar-refractivity contribution in [2.45, 2.75) is 33.1 Å². The van der Waals surface area contributed by atoms with Crippen molar-refractivity contribution >= 4 is 11.5 Å². The average molecular weight is 389 g/mol. The van der Waals surface area contributed by atoms with Crippen LogP contribution in [0.25, 0.3) is 16.8 Å². The Bertz CT molecular complexity index is 1040. The predicted molar refractivity (Wildman–Crippen MR) is 116 cm³/mol. The van der Waals surface area contributed by atoms with E-state index in [1.54, 1.807) is 0 Å². The molecule has 3 heterocycles. The van der Waals surface area contributed by atoms with E-state index in [0.29, 0.717) is 6.54 Å². The monoisotopic (exact) mass is 388 g/mol. The summed E-state index contributed by atoms with van der Waals surface area (Å²) >= 11 is 0. The molecule has 6 nitrogen and oxygen atoms in total. The van der Waals surface area contributed by atoms with Crippen molar-refractivity contribution in [1.29, 1.82) is 5.26 Å². The van der Waals surface area contributed by atoms with Gasteiger partial charge in [-0.3, -0.25) is 4.90 Å². The smallest absolute Gasteiger partial charge is 0.165 e. The van der Waals surface area contributed by atoms with Gasteiger partial charge in [0, 0.05) is 43.2 Å². The first-order valence-corrected chi connectivity index (χ1v) is 10.2. The number of hydrogen-bond donors (Lipinski definition) is 0. The second-order valence-electron chi connectivity index (χ2n) is 8.83. The first-order chi connectivity index (χ1) is 13.9. The molecular formula is C23H28N6. The summed E-state index contributed by atoms with van der Waals surface area (Å²) in [6.45, 7) is 12.7. The van der Waals surface area contributed by atoms with Crippen LogP contribution in [-0.2, 0) is 5.41 Å². The summed E-state index contributed by atoms with van der Waals surface area (Å²) < 4.78 is 1.98. The average Bonchev–Trinajstić information content (AvgIpc) is 3.12. The molecule has 0 saturated carbocycles. The van der Waals surface area contributed by atoms with Crippen LogP contribution < -0.4 is 4.90 Å². The minimum atomic E-state index is -0.0616. The van der Waals surface area contributed by atoms with Crippen molar-refractivity contribution in [2.75, 3.05) is 37.6 Å². The SMILES string of the molecule is Cc1ccc(-c2cnn3c(N4CCN(CC#N)CC4)cc(C(C)(C)C)nc23)cc1. The number of nitrogens with zero attached hydrogens (tertiary/aromatic N) is 6. The van der Waals surface area contributed by atoms with Gasteiger partial charge in [0.05, 0.1) is 24.5 Å². The topological polar surface area (TPSA) is 60.5 Å².